The van der Waals surface area contributed by atoms with Gasteiger partial charge in [-0.3, -0.25) is 10.1 Å². The van der Waals surface area contributed by atoms with Gasteiger partial charge in [0, 0.05) is 13.2 Å². The van der Waals surface area contributed by atoms with Crippen LogP contribution in [0, 0.1) is 0 Å². The van der Waals surface area contributed by atoms with Crippen LogP contribution < -0.4 is 5.32 Å². The maximum atomic E-state index is 11.7. The van der Waals surface area contributed by atoms with Crippen LogP contribution in [0.4, 0.5) is 4.79 Å². The van der Waals surface area contributed by atoms with Crippen molar-refractivity contribution in [3.05, 3.63) is 0 Å². The summed E-state index contributed by atoms with van der Waals surface area (Å²) in [5.41, 5.74) is -0.702. The molecule has 1 heterocycles. The number of carbonyl (C=O) groups is 2. The Bertz CT molecular complexity index is 261. The molecule has 1 aliphatic heterocycles. The van der Waals surface area contributed by atoms with Crippen molar-refractivity contribution in [2.45, 2.75) is 38.6 Å². The molecule has 86 valence electrons. The minimum atomic E-state index is -0.702. The van der Waals surface area contributed by atoms with Crippen molar-refractivity contribution in [3.8, 4) is 0 Å². The highest BCUT2D eigenvalue weighted by Gasteiger charge is 2.49. The molecular formula is C10H18N2O3. The number of rotatable bonds is 5. The van der Waals surface area contributed by atoms with E-state index >= 15 is 0 Å². The van der Waals surface area contributed by atoms with E-state index in [0.717, 1.165) is 0 Å². The first-order valence-electron chi connectivity index (χ1n) is 5.36. The Kier molecular flexibility index (Phi) is 3.68. The molecule has 3 amide bonds. The third kappa shape index (κ3) is 1.84. The molecule has 0 aromatic heterocycles. The average Bonchev–Trinajstić information content (AvgIpc) is 2.47. The second kappa shape index (κ2) is 4.61. The summed E-state index contributed by atoms with van der Waals surface area (Å²) in [7, 11) is 0. The molecule has 5 heteroatoms. The largest absolute Gasteiger partial charge is 0.396 e. The first-order valence-corrected chi connectivity index (χ1v) is 5.36. The first-order chi connectivity index (χ1) is 7.12. The maximum Gasteiger partial charge on any atom is 0.325 e. The van der Waals surface area contributed by atoms with Gasteiger partial charge in [0.1, 0.15) is 5.54 Å². The summed E-state index contributed by atoms with van der Waals surface area (Å²) < 4.78 is 0. The van der Waals surface area contributed by atoms with Gasteiger partial charge in [-0.1, -0.05) is 13.8 Å². The van der Waals surface area contributed by atoms with Crippen LogP contribution in [0.2, 0.25) is 0 Å². The molecule has 15 heavy (non-hydrogen) atoms. The van der Waals surface area contributed by atoms with E-state index in [9.17, 15) is 9.59 Å². The smallest absolute Gasteiger partial charge is 0.325 e. The van der Waals surface area contributed by atoms with E-state index in [1.807, 2.05) is 13.8 Å². The van der Waals surface area contributed by atoms with E-state index in [1.165, 1.54) is 0 Å². The minimum absolute atomic E-state index is 0.0292. The fourth-order valence-electron chi connectivity index (χ4n) is 2.10. The molecule has 0 bridgehead atoms. The van der Waals surface area contributed by atoms with Crippen LogP contribution in [0.25, 0.3) is 0 Å². The minimum Gasteiger partial charge on any atom is -0.396 e. The number of carbonyl (C=O) groups excluding carboxylic acids is 2. The van der Waals surface area contributed by atoms with Crippen LogP contribution in [0.15, 0.2) is 0 Å². The molecule has 1 fully saturated rings. The highest BCUT2D eigenvalue weighted by molar-refractivity contribution is 6.06. The third-order valence-corrected chi connectivity index (χ3v) is 3.11. The molecule has 1 saturated heterocycles. The van der Waals surface area contributed by atoms with E-state index in [4.69, 9.17) is 5.11 Å². The number of imide groups is 1. The standard InChI is InChI=1S/C10H18N2O3/c1-3-10(4-2)8(14)11-9(15)12(10)6-5-7-13/h13H,3-7H2,1-2H3,(H,11,14,15). The van der Waals surface area contributed by atoms with E-state index in [0.29, 0.717) is 25.8 Å². The predicted molar refractivity (Wildman–Crippen MR) is 55.3 cm³/mol. The Morgan fingerprint density at radius 1 is 1.33 bits per heavy atom. The predicted octanol–water partition coefficient (Wildman–Crippen LogP) is 0.479. The Labute approximate surface area is 89.4 Å². The normalized spacial score (nSPS) is 19.5. The van der Waals surface area contributed by atoms with Crippen molar-refractivity contribution in [1.82, 2.24) is 10.2 Å². The lowest BCUT2D eigenvalue weighted by Gasteiger charge is -2.33. The summed E-state index contributed by atoms with van der Waals surface area (Å²) in [6.45, 7) is 4.25. The Morgan fingerprint density at radius 2 is 1.93 bits per heavy atom. The van der Waals surface area contributed by atoms with Gasteiger partial charge in [-0.2, -0.15) is 0 Å². The second-order valence-corrected chi connectivity index (χ2v) is 3.73. The van der Waals surface area contributed by atoms with Gasteiger partial charge in [0.15, 0.2) is 0 Å². The van der Waals surface area contributed by atoms with E-state index in [2.05, 4.69) is 5.32 Å². The van der Waals surface area contributed by atoms with Gasteiger partial charge in [-0.05, 0) is 19.3 Å². The molecule has 1 rings (SSSR count). The van der Waals surface area contributed by atoms with Crippen LogP contribution in [0.5, 0.6) is 0 Å². The monoisotopic (exact) mass is 214 g/mol. The zero-order valence-corrected chi connectivity index (χ0v) is 9.25. The molecule has 0 atom stereocenters. The number of hydrogen-bond donors (Lipinski definition) is 2. The number of nitrogens with one attached hydrogen (secondary N) is 1. The van der Waals surface area contributed by atoms with Crippen LogP contribution in [-0.4, -0.2) is 40.6 Å². The Morgan fingerprint density at radius 3 is 2.40 bits per heavy atom. The van der Waals surface area contributed by atoms with Crippen LogP contribution in [0.1, 0.15) is 33.1 Å². The zero-order chi connectivity index (χ0) is 11.5. The number of aliphatic hydroxyl groups is 1. The van der Waals surface area contributed by atoms with Gasteiger partial charge >= 0.3 is 6.03 Å². The zero-order valence-electron chi connectivity index (χ0n) is 9.25. The molecule has 2 N–H and O–H groups in total. The molecule has 0 saturated carbocycles. The van der Waals surface area contributed by atoms with E-state index < -0.39 is 5.54 Å². The molecular weight excluding hydrogens is 196 g/mol. The lowest BCUT2D eigenvalue weighted by Crippen LogP contribution is -2.49. The highest BCUT2D eigenvalue weighted by Crippen LogP contribution is 2.29. The Balaban J connectivity index is 2.88. The summed E-state index contributed by atoms with van der Waals surface area (Å²) in [5, 5.41) is 11.1. The van der Waals surface area contributed by atoms with Crippen LogP contribution in [0.3, 0.4) is 0 Å². The summed E-state index contributed by atoms with van der Waals surface area (Å²) in [5.74, 6) is -0.213. The van der Waals surface area contributed by atoms with Crippen molar-refractivity contribution in [1.29, 1.82) is 0 Å². The lowest BCUT2D eigenvalue weighted by atomic mass is 9.91. The molecule has 1 aliphatic rings. The van der Waals surface area contributed by atoms with Gasteiger partial charge in [0.2, 0.25) is 0 Å². The fraction of sp³-hybridized carbons (Fsp3) is 0.800. The third-order valence-electron chi connectivity index (χ3n) is 3.11. The SMILES string of the molecule is CCC1(CC)C(=O)NC(=O)N1CCCO. The van der Waals surface area contributed by atoms with Crippen molar-refractivity contribution >= 4 is 11.9 Å². The van der Waals surface area contributed by atoms with Gasteiger partial charge in [0.05, 0.1) is 0 Å². The van der Waals surface area contributed by atoms with Crippen molar-refractivity contribution in [3.63, 3.8) is 0 Å². The topological polar surface area (TPSA) is 69.6 Å². The first kappa shape index (κ1) is 12.0. The molecule has 5 nitrogen and oxygen atoms in total. The summed E-state index contributed by atoms with van der Waals surface area (Å²) in [4.78, 5) is 24.8. The van der Waals surface area contributed by atoms with Crippen molar-refractivity contribution in [2.24, 2.45) is 0 Å². The number of urea groups is 1. The number of aliphatic hydroxyl groups excluding tert-OH is 1. The fourth-order valence-corrected chi connectivity index (χ4v) is 2.10. The van der Waals surface area contributed by atoms with Crippen LogP contribution >= 0.6 is 0 Å². The van der Waals surface area contributed by atoms with Gasteiger partial charge in [0.25, 0.3) is 5.91 Å². The second-order valence-electron chi connectivity index (χ2n) is 3.73. The van der Waals surface area contributed by atoms with E-state index in [1.54, 1.807) is 4.90 Å². The summed E-state index contributed by atoms with van der Waals surface area (Å²) in [6, 6.07) is -0.336. The van der Waals surface area contributed by atoms with Crippen molar-refractivity contribution < 1.29 is 14.7 Å². The van der Waals surface area contributed by atoms with Crippen molar-refractivity contribution in [2.75, 3.05) is 13.2 Å². The summed E-state index contributed by atoms with van der Waals surface area (Å²) >= 11 is 0. The Hall–Kier alpha value is -1.10. The number of hydrogen-bond acceptors (Lipinski definition) is 3. The quantitative estimate of drug-likeness (QED) is 0.654. The molecule has 0 radical (unpaired) electrons. The number of nitrogens with zero attached hydrogens (tertiary/aromatic N) is 1. The van der Waals surface area contributed by atoms with Gasteiger partial charge in [-0.25, -0.2) is 4.79 Å². The number of amides is 3. The van der Waals surface area contributed by atoms with E-state index in [-0.39, 0.29) is 18.5 Å². The average molecular weight is 214 g/mol. The lowest BCUT2D eigenvalue weighted by molar-refractivity contribution is -0.127. The molecule has 0 spiro atoms. The molecule has 0 aromatic rings. The van der Waals surface area contributed by atoms with Crippen LogP contribution in [-0.2, 0) is 4.79 Å². The maximum absolute atomic E-state index is 11.7. The molecule has 0 aliphatic carbocycles. The summed E-state index contributed by atoms with van der Waals surface area (Å²) in [6.07, 6.45) is 1.71. The molecule has 0 unspecified atom stereocenters. The molecule has 0 aromatic carbocycles. The highest BCUT2D eigenvalue weighted by atomic mass is 16.3. The van der Waals surface area contributed by atoms with Gasteiger partial charge < -0.3 is 10.0 Å². The van der Waals surface area contributed by atoms with Gasteiger partial charge in [-0.15, -0.1) is 0 Å².